The van der Waals surface area contributed by atoms with Crippen LogP contribution in [0, 0.1) is 11.6 Å². The van der Waals surface area contributed by atoms with Crippen LogP contribution in [-0.4, -0.2) is 17.9 Å². The number of nitrogens with zero attached hydrogens (tertiary/aromatic N) is 1. The van der Waals surface area contributed by atoms with Gasteiger partial charge in [-0.1, -0.05) is 17.7 Å². The smallest absolute Gasteiger partial charge is 0.254 e. The molecule has 110 valence electrons. The van der Waals surface area contributed by atoms with Gasteiger partial charge in [0, 0.05) is 29.7 Å². The van der Waals surface area contributed by atoms with Gasteiger partial charge < -0.3 is 4.90 Å². The van der Waals surface area contributed by atoms with Crippen LogP contribution < -0.4 is 0 Å². The summed E-state index contributed by atoms with van der Waals surface area (Å²) in [5, 5.41) is 0.247. The SMILES string of the molecule is CN(Cc1c(F)cccc1Cl)C(=O)c1ccc(Br)c(F)c1. The second-order valence-electron chi connectivity index (χ2n) is 4.49. The predicted octanol–water partition coefficient (Wildman–Crippen LogP) is 4.65. The van der Waals surface area contributed by atoms with Crippen LogP contribution in [0.15, 0.2) is 40.9 Å². The molecule has 6 heteroatoms. The Labute approximate surface area is 134 Å². The van der Waals surface area contributed by atoms with E-state index in [1.807, 2.05) is 0 Å². The molecule has 0 aliphatic heterocycles. The summed E-state index contributed by atoms with van der Waals surface area (Å²) in [5.74, 6) is -1.43. The molecule has 0 fully saturated rings. The minimum Gasteiger partial charge on any atom is -0.337 e. The van der Waals surface area contributed by atoms with Gasteiger partial charge in [-0.3, -0.25) is 4.79 Å². The topological polar surface area (TPSA) is 20.3 Å². The van der Waals surface area contributed by atoms with Crippen molar-refractivity contribution in [3.8, 4) is 0 Å². The molecule has 0 bridgehead atoms. The fourth-order valence-corrected chi connectivity index (χ4v) is 2.31. The quantitative estimate of drug-likeness (QED) is 0.765. The van der Waals surface area contributed by atoms with Gasteiger partial charge in [0.1, 0.15) is 11.6 Å². The van der Waals surface area contributed by atoms with Gasteiger partial charge in [0.25, 0.3) is 5.91 Å². The molecule has 2 rings (SSSR count). The summed E-state index contributed by atoms with van der Waals surface area (Å²) in [6.45, 7) is 0.00201. The molecule has 0 aliphatic carbocycles. The monoisotopic (exact) mass is 373 g/mol. The molecule has 2 aromatic carbocycles. The fraction of sp³-hybridized carbons (Fsp3) is 0.133. The molecule has 21 heavy (non-hydrogen) atoms. The van der Waals surface area contributed by atoms with Crippen LogP contribution in [0.5, 0.6) is 0 Å². The first-order valence-corrected chi connectivity index (χ1v) is 7.20. The largest absolute Gasteiger partial charge is 0.337 e. The molecule has 2 nitrogen and oxygen atoms in total. The molecule has 1 amide bonds. The van der Waals surface area contributed by atoms with Gasteiger partial charge in [-0.2, -0.15) is 0 Å². The Morgan fingerprint density at radius 2 is 1.95 bits per heavy atom. The number of halogens is 4. The molecule has 0 N–H and O–H groups in total. The summed E-state index contributed by atoms with van der Waals surface area (Å²) < 4.78 is 27.4. The fourth-order valence-electron chi connectivity index (χ4n) is 1.84. The van der Waals surface area contributed by atoms with Crippen LogP contribution in [0.3, 0.4) is 0 Å². The number of benzene rings is 2. The van der Waals surface area contributed by atoms with Crippen LogP contribution in [0.25, 0.3) is 0 Å². The minimum absolute atomic E-state index is 0.00201. The minimum atomic E-state index is -0.529. The van der Waals surface area contributed by atoms with E-state index in [0.29, 0.717) is 0 Å². The Morgan fingerprint density at radius 3 is 2.57 bits per heavy atom. The van der Waals surface area contributed by atoms with Crippen molar-refractivity contribution < 1.29 is 13.6 Å². The van der Waals surface area contributed by atoms with Crippen LogP contribution in [-0.2, 0) is 6.54 Å². The highest BCUT2D eigenvalue weighted by Crippen LogP contribution is 2.22. The molecule has 0 radical (unpaired) electrons. The maximum Gasteiger partial charge on any atom is 0.254 e. The lowest BCUT2D eigenvalue weighted by Crippen LogP contribution is -2.26. The Hall–Kier alpha value is -1.46. The Kier molecular flexibility index (Phi) is 4.96. The predicted molar refractivity (Wildman–Crippen MR) is 81.3 cm³/mol. The molecule has 0 saturated carbocycles. The van der Waals surface area contributed by atoms with Gasteiger partial charge in [0.15, 0.2) is 0 Å². The van der Waals surface area contributed by atoms with Crippen molar-refractivity contribution in [2.75, 3.05) is 7.05 Å². The van der Waals surface area contributed by atoms with E-state index in [-0.39, 0.29) is 27.2 Å². The maximum absolute atomic E-state index is 13.7. The zero-order valence-corrected chi connectivity index (χ0v) is 13.4. The third-order valence-electron chi connectivity index (χ3n) is 2.97. The van der Waals surface area contributed by atoms with E-state index in [1.165, 1.54) is 36.2 Å². The number of hydrogen-bond acceptors (Lipinski definition) is 1. The Balaban J connectivity index is 2.21. The molecular weight excluding hydrogens is 364 g/mol. The van der Waals surface area contributed by atoms with E-state index >= 15 is 0 Å². The summed E-state index contributed by atoms with van der Waals surface area (Å²) in [6.07, 6.45) is 0. The van der Waals surface area contributed by atoms with Crippen molar-refractivity contribution in [3.05, 3.63) is 68.7 Å². The van der Waals surface area contributed by atoms with E-state index in [9.17, 15) is 13.6 Å². The molecular formula is C15H11BrClF2NO. The summed E-state index contributed by atoms with van der Waals surface area (Å²) in [6, 6.07) is 8.40. The summed E-state index contributed by atoms with van der Waals surface area (Å²) in [4.78, 5) is 13.5. The lowest BCUT2D eigenvalue weighted by Gasteiger charge is -2.18. The number of rotatable bonds is 3. The summed E-state index contributed by atoms with van der Waals surface area (Å²) >= 11 is 8.95. The molecule has 0 spiro atoms. The number of hydrogen-bond donors (Lipinski definition) is 0. The van der Waals surface area contributed by atoms with E-state index in [4.69, 9.17) is 11.6 Å². The second kappa shape index (κ2) is 6.54. The first-order chi connectivity index (χ1) is 9.90. The molecule has 0 saturated heterocycles. The molecule has 0 unspecified atom stereocenters. The van der Waals surface area contributed by atoms with Gasteiger partial charge in [0.05, 0.1) is 4.47 Å². The van der Waals surface area contributed by atoms with E-state index < -0.39 is 17.5 Å². The lowest BCUT2D eigenvalue weighted by molar-refractivity contribution is 0.0783. The van der Waals surface area contributed by atoms with Crippen LogP contribution in [0.4, 0.5) is 8.78 Å². The van der Waals surface area contributed by atoms with Gasteiger partial charge in [-0.25, -0.2) is 8.78 Å². The maximum atomic E-state index is 13.7. The van der Waals surface area contributed by atoms with Crippen molar-refractivity contribution in [3.63, 3.8) is 0 Å². The summed E-state index contributed by atoms with van der Waals surface area (Å²) in [7, 11) is 1.51. The molecule has 0 atom stereocenters. The van der Waals surface area contributed by atoms with E-state index in [2.05, 4.69) is 15.9 Å². The molecule has 0 heterocycles. The van der Waals surface area contributed by atoms with Gasteiger partial charge >= 0.3 is 0 Å². The number of carbonyl (C=O) groups is 1. The first-order valence-electron chi connectivity index (χ1n) is 6.03. The van der Waals surface area contributed by atoms with Gasteiger partial charge in [0.2, 0.25) is 0 Å². The van der Waals surface area contributed by atoms with Crippen LogP contribution in [0.2, 0.25) is 5.02 Å². The first kappa shape index (κ1) is 15.9. The van der Waals surface area contributed by atoms with E-state index in [0.717, 1.165) is 6.07 Å². The summed E-state index contributed by atoms with van der Waals surface area (Å²) in [5.41, 5.74) is 0.415. The molecule has 2 aromatic rings. The standard InChI is InChI=1S/C15H11BrClF2NO/c1-20(8-10-12(17)3-2-4-13(10)18)15(21)9-5-6-11(16)14(19)7-9/h2-7H,8H2,1H3. The third-order valence-corrected chi connectivity index (χ3v) is 3.97. The number of carbonyl (C=O) groups excluding carboxylic acids is 1. The van der Waals surface area contributed by atoms with Crippen molar-refractivity contribution in [2.45, 2.75) is 6.54 Å². The Morgan fingerprint density at radius 1 is 1.24 bits per heavy atom. The third kappa shape index (κ3) is 3.60. The van der Waals surface area contributed by atoms with Crippen molar-refractivity contribution >= 4 is 33.4 Å². The highest BCUT2D eigenvalue weighted by molar-refractivity contribution is 9.10. The van der Waals surface area contributed by atoms with Gasteiger partial charge in [-0.15, -0.1) is 0 Å². The van der Waals surface area contributed by atoms with Crippen LogP contribution in [0.1, 0.15) is 15.9 Å². The van der Waals surface area contributed by atoms with Crippen LogP contribution >= 0.6 is 27.5 Å². The van der Waals surface area contributed by atoms with Gasteiger partial charge in [-0.05, 0) is 46.3 Å². The molecule has 0 aliphatic rings. The highest BCUT2D eigenvalue weighted by Gasteiger charge is 2.16. The zero-order valence-electron chi connectivity index (χ0n) is 11.0. The average molecular weight is 375 g/mol. The molecule has 0 aromatic heterocycles. The Bertz CT molecular complexity index is 673. The highest BCUT2D eigenvalue weighted by atomic mass is 79.9. The van der Waals surface area contributed by atoms with E-state index in [1.54, 1.807) is 6.07 Å². The lowest BCUT2D eigenvalue weighted by atomic mass is 10.1. The zero-order chi connectivity index (χ0) is 15.6. The normalized spacial score (nSPS) is 10.5. The average Bonchev–Trinajstić information content (AvgIpc) is 2.45. The van der Waals surface area contributed by atoms with Crippen molar-refractivity contribution in [1.82, 2.24) is 4.90 Å². The second-order valence-corrected chi connectivity index (χ2v) is 5.75. The van der Waals surface area contributed by atoms with Crippen molar-refractivity contribution in [2.24, 2.45) is 0 Å². The number of amides is 1. The van der Waals surface area contributed by atoms with Crippen molar-refractivity contribution in [1.29, 1.82) is 0 Å².